The Kier molecular flexibility index (Phi) is 8.12. The topological polar surface area (TPSA) is 78.6 Å². The highest BCUT2D eigenvalue weighted by Gasteiger charge is 2.17. The van der Waals surface area contributed by atoms with Gasteiger partial charge in [-0.25, -0.2) is 10.0 Å². The van der Waals surface area contributed by atoms with Crippen LogP contribution in [0.15, 0.2) is 30.3 Å². The van der Waals surface area contributed by atoms with Crippen LogP contribution in [0.4, 0.5) is 0 Å². The Morgan fingerprint density at radius 3 is 2.39 bits per heavy atom. The molecule has 0 bridgehead atoms. The lowest BCUT2D eigenvalue weighted by Crippen LogP contribution is -2.33. The van der Waals surface area contributed by atoms with Gasteiger partial charge in [-0.3, -0.25) is 9.59 Å². The molecule has 23 heavy (non-hydrogen) atoms. The van der Waals surface area contributed by atoms with Gasteiger partial charge in [-0.05, 0) is 30.8 Å². The van der Waals surface area contributed by atoms with Crippen molar-refractivity contribution in [2.45, 2.75) is 25.5 Å². The van der Waals surface area contributed by atoms with Crippen LogP contribution in [0.1, 0.15) is 18.4 Å². The number of ether oxygens (including phenoxy) is 2. The third kappa shape index (κ3) is 9.25. The molecule has 1 aromatic rings. The number of carbonyl (C=O) groups is 2. The molecule has 5 nitrogen and oxygen atoms in total. The highest BCUT2D eigenvalue weighted by molar-refractivity contribution is 8.32. The molecular formula is C17H27NO4S. The van der Waals surface area contributed by atoms with Gasteiger partial charge < -0.3 is 15.2 Å². The zero-order chi connectivity index (χ0) is 17.3. The average Bonchev–Trinajstić information content (AvgIpc) is 2.50. The van der Waals surface area contributed by atoms with Crippen molar-refractivity contribution in [2.75, 3.05) is 31.1 Å². The first-order chi connectivity index (χ1) is 10.8. The molecule has 0 aromatic heterocycles. The molecule has 130 valence electrons. The molecule has 6 heteroatoms. The highest BCUT2D eigenvalue weighted by atomic mass is 32.3. The maximum absolute atomic E-state index is 11.8. The van der Waals surface area contributed by atoms with E-state index in [2.05, 4.69) is 18.8 Å². The number of hydrogen-bond acceptors (Lipinski definition) is 5. The number of hydrogen-bond donors (Lipinski definition) is 1. The van der Waals surface area contributed by atoms with Gasteiger partial charge in [0.15, 0.2) is 0 Å². The van der Waals surface area contributed by atoms with Crippen LogP contribution in [0.25, 0.3) is 0 Å². The molecule has 0 radical (unpaired) electrons. The van der Waals surface area contributed by atoms with E-state index in [1.165, 1.54) is 0 Å². The Bertz CT molecular complexity index is 499. The molecule has 1 rings (SSSR count). The van der Waals surface area contributed by atoms with Crippen LogP contribution in [0, 0.1) is 0 Å². The lowest BCUT2D eigenvalue weighted by molar-refractivity contribution is -0.147. The van der Waals surface area contributed by atoms with Crippen molar-refractivity contribution in [3.63, 3.8) is 0 Å². The van der Waals surface area contributed by atoms with Gasteiger partial charge in [0, 0.05) is 12.2 Å². The normalized spacial score (nSPS) is 13.2. The molecule has 0 amide bonds. The maximum Gasteiger partial charge on any atom is 0.323 e. The first-order valence-electron chi connectivity index (χ1n) is 7.56. The summed E-state index contributed by atoms with van der Waals surface area (Å²) >= 11 is 0. The molecule has 0 aliphatic carbocycles. The van der Waals surface area contributed by atoms with Gasteiger partial charge in [0.25, 0.3) is 0 Å². The summed E-state index contributed by atoms with van der Waals surface area (Å²) < 4.78 is 10.3. The van der Waals surface area contributed by atoms with E-state index in [0.717, 1.165) is 11.3 Å². The van der Waals surface area contributed by atoms with Crippen LogP contribution >= 0.6 is 10.0 Å². The molecule has 0 unspecified atom stereocenters. The zero-order valence-electron chi connectivity index (χ0n) is 14.1. The third-order valence-corrected chi connectivity index (χ3v) is 4.54. The Balaban J connectivity index is 2.20. The zero-order valence-corrected chi connectivity index (χ0v) is 14.9. The van der Waals surface area contributed by atoms with Crippen molar-refractivity contribution in [1.29, 1.82) is 0 Å². The van der Waals surface area contributed by atoms with E-state index in [-0.39, 0.29) is 25.4 Å². The van der Waals surface area contributed by atoms with Crippen LogP contribution in [-0.2, 0) is 25.7 Å². The quantitative estimate of drug-likeness (QED) is 0.696. The van der Waals surface area contributed by atoms with Gasteiger partial charge >= 0.3 is 11.9 Å². The monoisotopic (exact) mass is 341 g/mol. The lowest BCUT2D eigenvalue weighted by Gasteiger charge is -2.24. The van der Waals surface area contributed by atoms with Crippen LogP contribution in [0.3, 0.4) is 0 Å². The first kappa shape index (κ1) is 19.5. The third-order valence-electron chi connectivity index (χ3n) is 3.14. The highest BCUT2D eigenvalue weighted by Crippen LogP contribution is 2.33. The Hall–Kier alpha value is -1.53. The van der Waals surface area contributed by atoms with Crippen molar-refractivity contribution < 1.29 is 19.1 Å². The van der Waals surface area contributed by atoms with Gasteiger partial charge in [-0.2, -0.15) is 0 Å². The fraction of sp³-hybridized carbons (Fsp3) is 0.529. The summed E-state index contributed by atoms with van der Waals surface area (Å²) in [7, 11) is -0.674. The van der Waals surface area contributed by atoms with Crippen LogP contribution < -0.4 is 5.73 Å². The summed E-state index contributed by atoms with van der Waals surface area (Å²) in [6, 6.07) is 8.57. The maximum atomic E-state index is 11.8. The summed E-state index contributed by atoms with van der Waals surface area (Å²) in [5.41, 5.74) is 6.65. The predicted molar refractivity (Wildman–Crippen MR) is 94.6 cm³/mol. The molecule has 0 aliphatic rings. The number of carbonyl (C=O) groups excluding carboxylic acids is 2. The van der Waals surface area contributed by atoms with Crippen LogP contribution in [0.2, 0.25) is 0 Å². The summed E-state index contributed by atoms with van der Waals surface area (Å²) in [6.45, 7) is 0.609. The average molecular weight is 341 g/mol. The second-order valence-corrected chi connectivity index (χ2v) is 10.8. The molecular weight excluding hydrogens is 314 g/mol. The molecule has 0 fully saturated rings. The van der Waals surface area contributed by atoms with Gasteiger partial charge in [-0.15, -0.1) is 0 Å². The minimum absolute atomic E-state index is 0.126. The summed E-state index contributed by atoms with van der Waals surface area (Å²) in [4.78, 5) is 23.4. The van der Waals surface area contributed by atoms with Crippen LogP contribution in [-0.4, -0.2) is 49.1 Å². The first-order valence-corrected chi connectivity index (χ1v) is 10.6. The molecule has 1 atom stereocenters. The smallest absolute Gasteiger partial charge is 0.323 e. The van der Waals surface area contributed by atoms with E-state index < -0.39 is 22.0 Å². The Morgan fingerprint density at radius 2 is 1.78 bits per heavy atom. The SMILES string of the molecule is CS(C)(C)CCOC(=O)CC[C@H](N)C(=O)OCc1ccccc1. The summed E-state index contributed by atoms with van der Waals surface area (Å²) in [5.74, 6) is 0.0601. The summed E-state index contributed by atoms with van der Waals surface area (Å²) in [6.07, 6.45) is 6.86. The van der Waals surface area contributed by atoms with E-state index in [4.69, 9.17) is 15.2 Å². The van der Waals surface area contributed by atoms with Crippen molar-refractivity contribution in [2.24, 2.45) is 5.73 Å². The largest absolute Gasteiger partial charge is 0.465 e. The lowest BCUT2D eigenvalue weighted by atomic mass is 10.2. The molecule has 0 saturated carbocycles. The van der Waals surface area contributed by atoms with Crippen molar-refractivity contribution in [3.05, 3.63) is 35.9 Å². The van der Waals surface area contributed by atoms with Gasteiger partial charge in [0.2, 0.25) is 0 Å². The Morgan fingerprint density at radius 1 is 1.13 bits per heavy atom. The molecule has 2 N–H and O–H groups in total. The van der Waals surface area contributed by atoms with Gasteiger partial charge in [0.05, 0.1) is 6.61 Å². The van der Waals surface area contributed by atoms with E-state index >= 15 is 0 Å². The molecule has 0 heterocycles. The van der Waals surface area contributed by atoms with Gasteiger partial charge in [0.1, 0.15) is 12.6 Å². The second kappa shape index (κ2) is 9.57. The number of benzene rings is 1. The molecule has 0 aliphatic heterocycles. The molecule has 1 aromatic carbocycles. The van der Waals surface area contributed by atoms with Crippen molar-refractivity contribution in [1.82, 2.24) is 0 Å². The van der Waals surface area contributed by atoms with Crippen molar-refractivity contribution in [3.8, 4) is 0 Å². The molecule has 0 spiro atoms. The number of rotatable bonds is 9. The van der Waals surface area contributed by atoms with Crippen molar-refractivity contribution >= 4 is 22.0 Å². The van der Waals surface area contributed by atoms with E-state index in [1.54, 1.807) is 0 Å². The standard InChI is InChI=1S/C17H27NO4S/c1-23(2,3)12-11-21-16(19)10-9-15(18)17(20)22-13-14-7-5-4-6-8-14/h4-8,15H,9-13,18H2,1-3H3/t15-/m0/s1. The summed E-state index contributed by atoms with van der Waals surface area (Å²) in [5, 5.41) is 0. The number of nitrogens with two attached hydrogens (primary N) is 1. The van der Waals surface area contributed by atoms with E-state index in [0.29, 0.717) is 6.61 Å². The fourth-order valence-electron chi connectivity index (χ4n) is 1.70. The second-order valence-electron chi connectivity index (χ2n) is 6.25. The Labute approximate surface area is 139 Å². The molecule has 0 saturated heterocycles. The van der Waals surface area contributed by atoms with E-state index in [1.807, 2.05) is 30.3 Å². The number of esters is 2. The van der Waals surface area contributed by atoms with Gasteiger partial charge in [-0.1, -0.05) is 30.3 Å². The van der Waals surface area contributed by atoms with E-state index in [9.17, 15) is 9.59 Å². The fourth-order valence-corrected chi connectivity index (χ4v) is 2.29. The minimum Gasteiger partial charge on any atom is -0.465 e. The van der Waals surface area contributed by atoms with Crippen LogP contribution in [0.5, 0.6) is 0 Å². The minimum atomic E-state index is -0.806. The predicted octanol–water partition coefficient (Wildman–Crippen LogP) is 2.07.